The Morgan fingerprint density at radius 1 is 1.07 bits per heavy atom. The third-order valence-electron chi connectivity index (χ3n) is 11.6. The molecule has 0 radical (unpaired) electrons. The predicted octanol–water partition coefficient (Wildman–Crippen LogP) is 3.22. The molecule has 0 spiro atoms. The third-order valence-corrected chi connectivity index (χ3v) is 13.4. The molecule has 2 aromatic heterocycles. The number of nitrogens with zero attached hydrogens (tertiary/aromatic N) is 5. The Balaban J connectivity index is 1.30. The van der Waals surface area contributed by atoms with Crippen LogP contribution in [0.3, 0.4) is 0 Å². The van der Waals surface area contributed by atoms with Gasteiger partial charge in [0.15, 0.2) is 0 Å². The fourth-order valence-corrected chi connectivity index (χ4v) is 9.31. The van der Waals surface area contributed by atoms with Crippen molar-refractivity contribution in [2.24, 2.45) is 11.3 Å². The molecule has 2 unspecified atom stereocenters. The Bertz CT molecular complexity index is 2330. The van der Waals surface area contributed by atoms with Crippen molar-refractivity contribution in [3.63, 3.8) is 0 Å². The molecule has 4 bridgehead atoms. The lowest BCUT2D eigenvalue weighted by molar-refractivity contribution is -0.142. The van der Waals surface area contributed by atoms with E-state index >= 15 is 0 Å². The van der Waals surface area contributed by atoms with Crippen molar-refractivity contribution in [1.82, 2.24) is 39.9 Å². The average Bonchev–Trinajstić information content (AvgIpc) is 4.10. The van der Waals surface area contributed by atoms with E-state index in [0.717, 1.165) is 16.5 Å². The molecule has 4 aliphatic rings. The highest BCUT2D eigenvalue weighted by Crippen LogP contribution is 2.46. The topological polar surface area (TPSA) is 193 Å². The summed E-state index contributed by atoms with van der Waals surface area (Å²) in [5, 5.41) is 10.6. The SMILES string of the molecule is C=C[C@@H]1CC1(NC(=O)[C@@H]1CC2CN1C(=O)[C@H](C(C)(C)C)NC(=O)N(C)CCC/C=C/Cc1c(-c3cccc4ncccc34)cnn2c1=O)C(=O)NS(=O)(=O)C1CC1. The molecule has 302 valence electrons. The number of fused-ring (bicyclic) bond motifs is 6. The molecular formula is C41H50N8O7S. The summed E-state index contributed by atoms with van der Waals surface area (Å²) >= 11 is 0. The maximum atomic E-state index is 14.8. The second-order valence-electron chi connectivity index (χ2n) is 16.7. The van der Waals surface area contributed by atoms with E-state index < -0.39 is 74.0 Å². The summed E-state index contributed by atoms with van der Waals surface area (Å²) in [6, 6.07) is 5.96. The number of pyridine rings is 1. The van der Waals surface area contributed by atoms with Crippen molar-refractivity contribution < 1.29 is 27.6 Å². The molecular weight excluding hydrogens is 749 g/mol. The summed E-state index contributed by atoms with van der Waals surface area (Å²) in [5.41, 5.74) is -0.108. The molecule has 16 heteroatoms. The molecule has 7 rings (SSSR count). The van der Waals surface area contributed by atoms with Crippen LogP contribution in [0.25, 0.3) is 22.0 Å². The molecule has 2 saturated carbocycles. The second-order valence-corrected chi connectivity index (χ2v) is 18.7. The van der Waals surface area contributed by atoms with Gasteiger partial charge in [-0.1, -0.05) is 57.2 Å². The van der Waals surface area contributed by atoms with E-state index in [2.05, 4.69) is 32.0 Å². The maximum Gasteiger partial charge on any atom is 0.317 e. The van der Waals surface area contributed by atoms with E-state index in [9.17, 15) is 32.4 Å². The van der Waals surface area contributed by atoms with Crippen LogP contribution in [0, 0.1) is 11.3 Å². The summed E-state index contributed by atoms with van der Waals surface area (Å²) in [4.78, 5) is 78.4. The quantitative estimate of drug-likeness (QED) is 0.301. The first-order valence-corrected chi connectivity index (χ1v) is 21.0. The lowest BCUT2D eigenvalue weighted by atomic mass is 9.85. The molecule has 5 amide bonds. The number of hydrogen-bond donors (Lipinski definition) is 3. The number of hydrogen-bond acceptors (Lipinski definition) is 9. The smallest absolute Gasteiger partial charge is 0.317 e. The lowest BCUT2D eigenvalue weighted by Gasteiger charge is -2.36. The summed E-state index contributed by atoms with van der Waals surface area (Å²) in [5.74, 6) is -2.66. The molecule has 2 aliphatic heterocycles. The van der Waals surface area contributed by atoms with Crippen LogP contribution in [-0.4, -0.2) is 99.7 Å². The maximum absolute atomic E-state index is 14.8. The minimum atomic E-state index is -3.93. The normalized spacial score (nSPS) is 26.3. The van der Waals surface area contributed by atoms with E-state index in [-0.39, 0.29) is 31.4 Å². The van der Waals surface area contributed by atoms with Gasteiger partial charge in [0, 0.05) is 55.2 Å². The summed E-state index contributed by atoms with van der Waals surface area (Å²) in [6.45, 7) is 9.52. The van der Waals surface area contributed by atoms with Gasteiger partial charge in [-0.15, -0.1) is 6.58 Å². The van der Waals surface area contributed by atoms with Crippen LogP contribution in [0.15, 0.2) is 72.3 Å². The minimum absolute atomic E-state index is 0.0428. The fraction of sp³-hybridized carbons (Fsp3) is 0.488. The van der Waals surface area contributed by atoms with Crippen LogP contribution in [0.2, 0.25) is 0 Å². The largest absolute Gasteiger partial charge is 0.339 e. The number of carbonyl (C=O) groups is 4. The predicted molar refractivity (Wildman–Crippen MR) is 214 cm³/mol. The van der Waals surface area contributed by atoms with Crippen molar-refractivity contribution in [3.8, 4) is 11.1 Å². The van der Waals surface area contributed by atoms with E-state index in [4.69, 9.17) is 0 Å². The summed E-state index contributed by atoms with van der Waals surface area (Å²) in [6.07, 6.45) is 11.3. The van der Waals surface area contributed by atoms with Gasteiger partial charge in [-0.25, -0.2) is 17.9 Å². The van der Waals surface area contributed by atoms with Gasteiger partial charge < -0.3 is 20.4 Å². The van der Waals surface area contributed by atoms with Gasteiger partial charge in [0.25, 0.3) is 11.5 Å². The third kappa shape index (κ3) is 7.83. The highest BCUT2D eigenvalue weighted by atomic mass is 32.2. The van der Waals surface area contributed by atoms with E-state index in [1.54, 1.807) is 19.4 Å². The molecule has 3 N–H and O–H groups in total. The number of rotatable bonds is 7. The molecule has 3 fully saturated rings. The van der Waals surface area contributed by atoms with Crippen LogP contribution in [0.1, 0.15) is 70.9 Å². The molecule has 4 heterocycles. The van der Waals surface area contributed by atoms with Crippen LogP contribution in [0.4, 0.5) is 4.79 Å². The van der Waals surface area contributed by atoms with E-state index in [1.165, 1.54) is 20.6 Å². The highest BCUT2D eigenvalue weighted by Gasteiger charge is 2.62. The number of carbonyl (C=O) groups excluding carboxylic acids is 4. The number of benzene rings is 1. The molecule has 1 saturated heterocycles. The van der Waals surface area contributed by atoms with Gasteiger partial charge in [-0.3, -0.25) is 28.9 Å². The zero-order chi connectivity index (χ0) is 40.9. The van der Waals surface area contributed by atoms with Crippen molar-refractivity contribution in [2.75, 3.05) is 20.1 Å². The van der Waals surface area contributed by atoms with Crippen molar-refractivity contribution in [3.05, 3.63) is 83.4 Å². The highest BCUT2D eigenvalue weighted by molar-refractivity contribution is 7.91. The zero-order valence-corrected chi connectivity index (χ0v) is 33.5. The zero-order valence-electron chi connectivity index (χ0n) is 32.7. The summed E-state index contributed by atoms with van der Waals surface area (Å²) < 4.78 is 29.1. The number of allylic oxidation sites excluding steroid dienone is 2. The Kier molecular flexibility index (Phi) is 10.6. The molecule has 5 atom stereocenters. The van der Waals surface area contributed by atoms with Crippen molar-refractivity contribution >= 4 is 44.7 Å². The molecule has 3 aromatic rings. The number of aromatic nitrogens is 3. The molecule has 57 heavy (non-hydrogen) atoms. The first kappa shape index (κ1) is 39.8. The number of amides is 5. The monoisotopic (exact) mass is 798 g/mol. The standard InChI is InChI=1S/C41H50N8O7S/c1-6-25-22-41(25,38(53)46-57(55,56)27-17-18-27)45-35(50)33-21-26-24-48(33)37(52)34(40(2,3)4)44-39(54)47(5)20-10-8-7-9-13-30-31(23-43-49(26)36(30)51)28-14-11-16-32-29(28)15-12-19-42-32/h6-7,9,11-12,14-16,19,23,25-27,33-34H,1,8,10,13,17-18,20-22,24H2,2-5H3,(H,44,54)(H,45,50)(H,46,53)/b9-7+/t25-,26?,33+,34-,41?/m1/s1. The fourth-order valence-electron chi connectivity index (χ4n) is 7.95. The molecule has 2 aliphatic carbocycles. The van der Waals surface area contributed by atoms with Gasteiger partial charge in [0.05, 0.1) is 23.0 Å². The number of urea groups is 1. The van der Waals surface area contributed by atoms with Crippen molar-refractivity contribution in [1.29, 1.82) is 0 Å². The average molecular weight is 799 g/mol. The van der Waals surface area contributed by atoms with Crippen LogP contribution in [-0.2, 0) is 30.8 Å². The van der Waals surface area contributed by atoms with E-state index in [0.29, 0.717) is 43.4 Å². The minimum Gasteiger partial charge on any atom is -0.339 e. The Hall–Kier alpha value is -5.38. The van der Waals surface area contributed by atoms with Gasteiger partial charge >= 0.3 is 6.03 Å². The van der Waals surface area contributed by atoms with Gasteiger partial charge in [0.2, 0.25) is 21.8 Å². The first-order valence-electron chi connectivity index (χ1n) is 19.5. The Morgan fingerprint density at radius 3 is 2.54 bits per heavy atom. The Morgan fingerprint density at radius 2 is 1.84 bits per heavy atom. The first-order chi connectivity index (χ1) is 27.1. The van der Waals surface area contributed by atoms with Gasteiger partial charge in [-0.05, 0) is 61.6 Å². The van der Waals surface area contributed by atoms with Crippen LogP contribution < -0.4 is 20.9 Å². The van der Waals surface area contributed by atoms with Gasteiger partial charge in [0.1, 0.15) is 17.6 Å². The number of nitrogens with one attached hydrogen (secondary N) is 3. The van der Waals surface area contributed by atoms with Crippen LogP contribution >= 0.6 is 0 Å². The van der Waals surface area contributed by atoms with E-state index in [1.807, 2.05) is 63.3 Å². The Labute approximate surface area is 332 Å². The van der Waals surface area contributed by atoms with Crippen LogP contribution in [0.5, 0.6) is 0 Å². The lowest BCUT2D eigenvalue weighted by Crippen LogP contribution is -2.61. The molecule has 1 aromatic carbocycles. The second kappa shape index (κ2) is 15.2. The van der Waals surface area contributed by atoms with Crippen molar-refractivity contribution in [2.45, 2.75) is 94.6 Å². The summed E-state index contributed by atoms with van der Waals surface area (Å²) in [7, 11) is -2.27. The number of sulfonamides is 1. The molecule has 15 nitrogen and oxygen atoms in total. The van der Waals surface area contributed by atoms with Gasteiger partial charge in [-0.2, -0.15) is 5.10 Å².